The molecule has 26 heavy (non-hydrogen) atoms. The van der Waals surface area contributed by atoms with E-state index < -0.39 is 6.09 Å². The number of benzene rings is 1. The quantitative estimate of drug-likeness (QED) is 0.788. The molecular weight excluding hydrogens is 383 g/mol. The summed E-state index contributed by atoms with van der Waals surface area (Å²) in [6, 6.07) is 4.63. The van der Waals surface area contributed by atoms with Crippen LogP contribution in [0.25, 0.3) is 0 Å². The van der Waals surface area contributed by atoms with Gasteiger partial charge in [-0.2, -0.15) is 0 Å². The van der Waals surface area contributed by atoms with Crippen molar-refractivity contribution >= 4 is 46.8 Å². The van der Waals surface area contributed by atoms with Crippen LogP contribution in [-0.2, 0) is 19.1 Å². The monoisotopic (exact) mass is 398 g/mol. The number of carbonyl (C=O) groups is 3. The third-order valence-electron chi connectivity index (χ3n) is 5.09. The highest BCUT2D eigenvalue weighted by Crippen LogP contribution is 2.48. The smallest absolute Gasteiger partial charge is 0.411 e. The van der Waals surface area contributed by atoms with Gasteiger partial charge in [-0.25, -0.2) is 4.79 Å². The molecule has 3 fully saturated rings. The predicted octanol–water partition coefficient (Wildman–Crippen LogP) is 2.70. The number of likely N-dealkylation sites (tertiary alicyclic amines) is 1. The lowest BCUT2D eigenvalue weighted by molar-refractivity contribution is -0.143. The molecule has 3 aliphatic heterocycles. The summed E-state index contributed by atoms with van der Waals surface area (Å²) in [7, 11) is 0. The zero-order valence-electron chi connectivity index (χ0n) is 13.6. The summed E-state index contributed by atoms with van der Waals surface area (Å²) in [4.78, 5) is 38.0. The number of amides is 3. The van der Waals surface area contributed by atoms with Gasteiger partial charge in [0.2, 0.25) is 11.8 Å². The molecule has 1 aromatic rings. The van der Waals surface area contributed by atoms with Crippen molar-refractivity contribution in [3.8, 4) is 0 Å². The Kier molecular flexibility index (Phi) is 4.54. The van der Waals surface area contributed by atoms with E-state index in [1.165, 1.54) is 11.0 Å². The molecule has 3 amide bonds. The van der Waals surface area contributed by atoms with Gasteiger partial charge in [-0.15, -0.1) is 0 Å². The zero-order chi connectivity index (χ0) is 18.4. The number of hydrogen-bond donors (Lipinski definition) is 1. The summed E-state index contributed by atoms with van der Waals surface area (Å²) in [5.41, 5.74) is 0.359. The van der Waals surface area contributed by atoms with Gasteiger partial charge >= 0.3 is 6.09 Å². The van der Waals surface area contributed by atoms with Crippen LogP contribution in [0.5, 0.6) is 0 Å². The van der Waals surface area contributed by atoms with Crippen molar-refractivity contribution in [1.29, 1.82) is 0 Å². The van der Waals surface area contributed by atoms with Crippen molar-refractivity contribution in [3.05, 3.63) is 28.2 Å². The van der Waals surface area contributed by atoms with Gasteiger partial charge in [0.05, 0.1) is 41.3 Å². The molecule has 4 rings (SSSR count). The number of nitrogens with zero attached hydrogens (tertiary/aromatic N) is 1. The average Bonchev–Trinajstić information content (AvgIpc) is 3.27. The Hall–Kier alpha value is -1.83. The number of nitrogens with one attached hydrogen (secondary N) is 1. The van der Waals surface area contributed by atoms with Crippen molar-refractivity contribution in [2.45, 2.75) is 25.0 Å². The molecule has 3 aliphatic rings. The van der Waals surface area contributed by atoms with Crippen LogP contribution in [0.1, 0.15) is 12.8 Å². The molecular formula is C17H16Cl2N2O5. The molecule has 0 aliphatic carbocycles. The van der Waals surface area contributed by atoms with E-state index in [4.69, 9.17) is 32.7 Å². The lowest BCUT2D eigenvalue weighted by Gasteiger charge is -2.17. The Bertz CT molecular complexity index is 758. The number of ether oxygens (including phenoxy) is 2. The molecule has 1 aromatic carbocycles. The molecule has 7 nitrogen and oxygen atoms in total. The number of hydrogen-bond acceptors (Lipinski definition) is 5. The molecule has 0 radical (unpaired) electrons. The maximum absolute atomic E-state index is 12.5. The lowest BCUT2D eigenvalue weighted by atomic mass is 9.81. The van der Waals surface area contributed by atoms with E-state index in [0.717, 1.165) is 12.8 Å². The third kappa shape index (κ3) is 2.94. The fraction of sp³-hybridized carbons (Fsp3) is 0.471. The highest BCUT2D eigenvalue weighted by atomic mass is 35.5. The van der Waals surface area contributed by atoms with Crippen molar-refractivity contribution in [3.63, 3.8) is 0 Å². The molecule has 0 saturated carbocycles. The standard InChI is InChI=1S/C17H16Cl2N2O5/c18-8-1-2-10(9(19)7-8)20-17(24)25-6-5-21-15(22)13-11-3-4-12(26-11)14(13)16(21)23/h1-2,7,11-14H,3-6H2,(H,20,24). The number of carbonyl (C=O) groups excluding carboxylic acids is 3. The van der Waals surface area contributed by atoms with E-state index in [-0.39, 0.29) is 54.0 Å². The number of rotatable bonds is 4. The Morgan fingerprint density at radius 3 is 2.46 bits per heavy atom. The largest absolute Gasteiger partial charge is 0.447 e. The summed E-state index contributed by atoms with van der Waals surface area (Å²) < 4.78 is 10.7. The molecule has 4 unspecified atom stereocenters. The van der Waals surface area contributed by atoms with Crippen LogP contribution in [0.3, 0.4) is 0 Å². The molecule has 1 N–H and O–H groups in total. The number of anilines is 1. The minimum absolute atomic E-state index is 0.0336. The fourth-order valence-electron chi connectivity index (χ4n) is 3.96. The van der Waals surface area contributed by atoms with Crippen LogP contribution in [0.4, 0.5) is 10.5 Å². The number of imide groups is 1. The van der Waals surface area contributed by atoms with Crippen LogP contribution in [-0.4, -0.2) is 48.2 Å². The van der Waals surface area contributed by atoms with Crippen LogP contribution >= 0.6 is 23.2 Å². The van der Waals surface area contributed by atoms with E-state index in [1.54, 1.807) is 12.1 Å². The lowest BCUT2D eigenvalue weighted by Crippen LogP contribution is -2.37. The third-order valence-corrected chi connectivity index (χ3v) is 5.64. The first-order chi connectivity index (χ1) is 12.5. The fourth-order valence-corrected chi connectivity index (χ4v) is 4.42. The van der Waals surface area contributed by atoms with Gasteiger partial charge in [-0.1, -0.05) is 23.2 Å². The van der Waals surface area contributed by atoms with Gasteiger partial charge in [0.15, 0.2) is 0 Å². The summed E-state index contributed by atoms with van der Waals surface area (Å²) in [5.74, 6) is -1.19. The highest BCUT2D eigenvalue weighted by molar-refractivity contribution is 6.36. The second-order valence-corrected chi connectivity index (χ2v) is 7.40. The first kappa shape index (κ1) is 17.6. The molecule has 3 saturated heterocycles. The molecule has 4 atom stereocenters. The maximum atomic E-state index is 12.5. The Labute approximate surface area is 159 Å². The van der Waals surface area contributed by atoms with Gasteiger partial charge in [0.25, 0.3) is 0 Å². The zero-order valence-corrected chi connectivity index (χ0v) is 15.1. The highest BCUT2D eigenvalue weighted by Gasteiger charge is 2.62. The van der Waals surface area contributed by atoms with E-state index in [1.807, 2.05) is 0 Å². The van der Waals surface area contributed by atoms with Crippen molar-refractivity contribution < 1.29 is 23.9 Å². The van der Waals surface area contributed by atoms with E-state index >= 15 is 0 Å². The van der Waals surface area contributed by atoms with E-state index in [2.05, 4.69) is 5.32 Å². The molecule has 0 aromatic heterocycles. The van der Waals surface area contributed by atoms with E-state index in [0.29, 0.717) is 10.7 Å². The minimum Gasteiger partial charge on any atom is -0.447 e. The van der Waals surface area contributed by atoms with Crippen molar-refractivity contribution in [1.82, 2.24) is 4.90 Å². The SMILES string of the molecule is O=C(Nc1ccc(Cl)cc1Cl)OCCN1C(=O)C2C3CCC(O3)C2C1=O. The topological polar surface area (TPSA) is 84.9 Å². The first-order valence-corrected chi connectivity index (χ1v) is 9.11. The second-order valence-electron chi connectivity index (χ2n) is 6.56. The second kappa shape index (κ2) is 6.72. The summed E-state index contributed by atoms with van der Waals surface area (Å²) >= 11 is 11.8. The Morgan fingerprint density at radius 1 is 1.19 bits per heavy atom. The van der Waals surface area contributed by atoms with Crippen molar-refractivity contribution in [2.75, 3.05) is 18.5 Å². The van der Waals surface area contributed by atoms with Crippen molar-refractivity contribution in [2.24, 2.45) is 11.8 Å². The minimum atomic E-state index is -0.725. The molecule has 138 valence electrons. The average molecular weight is 399 g/mol. The number of halogens is 2. The van der Waals surface area contributed by atoms with Gasteiger partial charge in [-0.3, -0.25) is 19.8 Å². The predicted molar refractivity (Wildman–Crippen MR) is 93.0 cm³/mol. The van der Waals surface area contributed by atoms with Crippen LogP contribution < -0.4 is 5.32 Å². The van der Waals surface area contributed by atoms with E-state index in [9.17, 15) is 14.4 Å². The van der Waals surface area contributed by atoms with Crippen LogP contribution in [0.15, 0.2) is 18.2 Å². The summed E-state index contributed by atoms with van der Waals surface area (Å²) in [6.07, 6.45) is 0.612. The molecule has 3 heterocycles. The van der Waals surface area contributed by atoms with Gasteiger partial charge in [-0.05, 0) is 31.0 Å². The van der Waals surface area contributed by atoms with Crippen LogP contribution in [0, 0.1) is 11.8 Å². The Morgan fingerprint density at radius 2 is 1.85 bits per heavy atom. The first-order valence-electron chi connectivity index (χ1n) is 8.35. The van der Waals surface area contributed by atoms with Crippen LogP contribution in [0.2, 0.25) is 10.0 Å². The molecule has 9 heteroatoms. The molecule has 0 spiro atoms. The summed E-state index contributed by atoms with van der Waals surface area (Å²) in [6.45, 7) is -0.0595. The maximum Gasteiger partial charge on any atom is 0.411 e. The summed E-state index contributed by atoms with van der Waals surface area (Å²) in [5, 5.41) is 3.22. The number of fused-ring (bicyclic) bond motifs is 5. The van der Waals surface area contributed by atoms with Gasteiger partial charge in [0.1, 0.15) is 6.61 Å². The van der Waals surface area contributed by atoms with Gasteiger partial charge < -0.3 is 9.47 Å². The molecule has 2 bridgehead atoms. The normalized spacial score (nSPS) is 29.2. The van der Waals surface area contributed by atoms with Gasteiger partial charge in [0, 0.05) is 5.02 Å². The Balaban J connectivity index is 1.30.